The Bertz CT molecular complexity index is 1430. The number of benzene rings is 3. The standard InChI is InChI=1S/C35H40N4O5/c40-31-16-14-28(15-17-31)23-30-25-37(34(43)35(44)39(30)22-19-27-11-5-2-6-12-27)20-8-7-13-29-24-36-32(41)33(42)38(29)21-18-26-9-3-1-4-10-26/h1-6,9-12,14-17,29-30,40H,7-8,13,18-25H2,(H,36,41)/t29-,30+/m1/s1. The van der Waals surface area contributed by atoms with Crippen LogP contribution in [-0.4, -0.2) is 88.2 Å². The lowest BCUT2D eigenvalue weighted by Crippen LogP contribution is -2.60. The van der Waals surface area contributed by atoms with Crippen molar-refractivity contribution in [2.45, 2.75) is 50.6 Å². The molecule has 0 radical (unpaired) electrons. The number of unbranched alkanes of at least 4 members (excludes halogenated alkanes) is 1. The van der Waals surface area contributed by atoms with Gasteiger partial charge < -0.3 is 25.1 Å². The van der Waals surface area contributed by atoms with Crippen LogP contribution in [0.4, 0.5) is 0 Å². The Labute approximate surface area is 258 Å². The zero-order chi connectivity index (χ0) is 30.9. The number of rotatable bonds is 13. The Morgan fingerprint density at radius 1 is 0.636 bits per heavy atom. The molecular formula is C35H40N4O5. The van der Waals surface area contributed by atoms with Gasteiger partial charge in [-0.25, -0.2) is 0 Å². The third kappa shape index (κ3) is 7.83. The number of carbonyl (C=O) groups is 4. The minimum atomic E-state index is -0.566. The van der Waals surface area contributed by atoms with E-state index >= 15 is 0 Å². The Kier molecular flexibility index (Phi) is 10.3. The number of aromatic hydroxyl groups is 1. The first kappa shape index (κ1) is 30.8. The molecule has 4 amide bonds. The predicted octanol–water partition coefficient (Wildman–Crippen LogP) is 2.96. The highest BCUT2D eigenvalue weighted by atomic mass is 16.3. The van der Waals surface area contributed by atoms with Crippen molar-refractivity contribution >= 4 is 23.6 Å². The van der Waals surface area contributed by atoms with Gasteiger partial charge in [0, 0.05) is 38.8 Å². The first-order valence-electron chi connectivity index (χ1n) is 15.4. The van der Waals surface area contributed by atoms with Crippen molar-refractivity contribution in [2.24, 2.45) is 0 Å². The molecule has 2 heterocycles. The zero-order valence-electron chi connectivity index (χ0n) is 24.9. The van der Waals surface area contributed by atoms with Crippen molar-refractivity contribution in [1.82, 2.24) is 20.0 Å². The van der Waals surface area contributed by atoms with Crippen LogP contribution in [-0.2, 0) is 38.4 Å². The van der Waals surface area contributed by atoms with Crippen molar-refractivity contribution in [3.63, 3.8) is 0 Å². The molecule has 0 aromatic heterocycles. The number of amides is 4. The van der Waals surface area contributed by atoms with Crippen LogP contribution in [0.5, 0.6) is 5.75 Å². The number of phenolic OH excluding ortho intramolecular Hbond substituents is 1. The Hall–Kier alpha value is -4.66. The molecule has 9 heteroatoms. The molecular weight excluding hydrogens is 556 g/mol. The molecule has 9 nitrogen and oxygen atoms in total. The van der Waals surface area contributed by atoms with Crippen LogP contribution >= 0.6 is 0 Å². The zero-order valence-corrected chi connectivity index (χ0v) is 24.9. The second kappa shape index (κ2) is 14.7. The fourth-order valence-electron chi connectivity index (χ4n) is 6.12. The summed E-state index contributed by atoms with van der Waals surface area (Å²) in [6, 6.07) is 26.5. The van der Waals surface area contributed by atoms with Crippen LogP contribution in [0.2, 0.25) is 0 Å². The van der Waals surface area contributed by atoms with Crippen LogP contribution in [0.3, 0.4) is 0 Å². The number of carbonyl (C=O) groups excluding carboxylic acids is 4. The molecule has 0 unspecified atom stereocenters. The fourth-order valence-corrected chi connectivity index (χ4v) is 6.12. The van der Waals surface area contributed by atoms with Crippen LogP contribution < -0.4 is 5.32 Å². The van der Waals surface area contributed by atoms with Gasteiger partial charge in [-0.05, 0) is 67.3 Å². The number of phenols is 1. The molecule has 0 spiro atoms. The number of piperazine rings is 2. The van der Waals surface area contributed by atoms with Crippen molar-refractivity contribution in [3.05, 3.63) is 102 Å². The van der Waals surface area contributed by atoms with Crippen molar-refractivity contribution in [1.29, 1.82) is 0 Å². The second-order valence-electron chi connectivity index (χ2n) is 11.6. The normalized spacial score (nSPS) is 19.0. The average molecular weight is 597 g/mol. The summed E-state index contributed by atoms with van der Waals surface area (Å²) >= 11 is 0. The molecule has 230 valence electrons. The molecule has 0 aliphatic carbocycles. The molecule has 2 atom stereocenters. The van der Waals surface area contributed by atoms with Gasteiger partial charge in [0.05, 0.1) is 6.04 Å². The Morgan fingerprint density at radius 2 is 1.23 bits per heavy atom. The van der Waals surface area contributed by atoms with Crippen molar-refractivity contribution in [2.75, 3.05) is 32.7 Å². The van der Waals surface area contributed by atoms with E-state index in [1.54, 1.807) is 26.8 Å². The van der Waals surface area contributed by atoms with Crippen LogP contribution in [0.25, 0.3) is 0 Å². The number of nitrogens with one attached hydrogen (secondary N) is 1. The molecule has 2 aliphatic rings. The number of nitrogens with zero attached hydrogens (tertiary/aromatic N) is 3. The highest BCUT2D eigenvalue weighted by Crippen LogP contribution is 2.21. The highest BCUT2D eigenvalue weighted by molar-refractivity contribution is 6.36. The maximum absolute atomic E-state index is 13.4. The molecule has 2 N–H and O–H groups in total. The lowest BCUT2D eigenvalue weighted by atomic mass is 9.99. The third-order valence-electron chi connectivity index (χ3n) is 8.59. The lowest BCUT2D eigenvalue weighted by Gasteiger charge is -2.41. The molecule has 0 bridgehead atoms. The second-order valence-corrected chi connectivity index (χ2v) is 11.6. The quantitative estimate of drug-likeness (QED) is 0.233. The molecule has 44 heavy (non-hydrogen) atoms. The SMILES string of the molecule is O=C1NC[C@@H](CCCCN2C[C@H](Cc3ccc(O)cc3)N(CCc3ccccc3)C(=O)C2=O)N(CCc2ccccc2)C1=O. The molecule has 0 saturated carbocycles. The topological polar surface area (TPSA) is 110 Å². The lowest BCUT2D eigenvalue weighted by molar-refractivity contribution is -0.159. The van der Waals surface area contributed by atoms with E-state index in [0.717, 1.165) is 23.1 Å². The highest BCUT2D eigenvalue weighted by Gasteiger charge is 2.39. The van der Waals surface area contributed by atoms with E-state index < -0.39 is 23.6 Å². The third-order valence-corrected chi connectivity index (χ3v) is 8.59. The van der Waals surface area contributed by atoms with Gasteiger partial charge in [0.1, 0.15) is 5.75 Å². The van der Waals surface area contributed by atoms with Crippen LogP contribution in [0.15, 0.2) is 84.9 Å². The smallest absolute Gasteiger partial charge is 0.312 e. The largest absolute Gasteiger partial charge is 0.508 e. The van der Waals surface area contributed by atoms with Gasteiger partial charge in [0.25, 0.3) is 0 Å². The molecule has 2 saturated heterocycles. The van der Waals surface area contributed by atoms with E-state index in [4.69, 9.17) is 0 Å². The van der Waals surface area contributed by atoms with Gasteiger partial charge in [-0.15, -0.1) is 0 Å². The van der Waals surface area contributed by atoms with Gasteiger partial charge in [0.15, 0.2) is 0 Å². The van der Waals surface area contributed by atoms with Gasteiger partial charge in [0.2, 0.25) is 0 Å². The Balaban J connectivity index is 1.18. The van der Waals surface area contributed by atoms with E-state index in [1.165, 1.54) is 0 Å². The molecule has 3 aromatic rings. The Morgan fingerprint density at radius 3 is 1.84 bits per heavy atom. The fraction of sp³-hybridized carbons (Fsp3) is 0.371. The summed E-state index contributed by atoms with van der Waals surface area (Å²) in [5, 5.41) is 12.4. The van der Waals surface area contributed by atoms with Crippen molar-refractivity contribution in [3.8, 4) is 5.75 Å². The summed E-state index contributed by atoms with van der Waals surface area (Å²) in [5.41, 5.74) is 3.20. The minimum Gasteiger partial charge on any atom is -0.508 e. The maximum atomic E-state index is 13.4. The van der Waals surface area contributed by atoms with Crippen LogP contribution in [0, 0.1) is 0 Å². The number of hydrogen-bond donors (Lipinski definition) is 2. The summed E-state index contributed by atoms with van der Waals surface area (Å²) in [4.78, 5) is 56.5. The summed E-state index contributed by atoms with van der Waals surface area (Å²) in [6.45, 7) is 2.20. The van der Waals surface area contributed by atoms with Gasteiger partial charge in [-0.1, -0.05) is 72.8 Å². The number of hydrogen-bond acceptors (Lipinski definition) is 5. The molecule has 3 aromatic carbocycles. The van der Waals surface area contributed by atoms with Gasteiger partial charge in [-0.3, -0.25) is 19.2 Å². The molecule has 2 fully saturated rings. The monoisotopic (exact) mass is 596 g/mol. The molecule has 5 rings (SSSR count). The summed E-state index contributed by atoms with van der Waals surface area (Å²) in [5.74, 6) is -1.85. The molecule has 2 aliphatic heterocycles. The van der Waals surface area contributed by atoms with E-state index in [2.05, 4.69) is 5.32 Å². The van der Waals surface area contributed by atoms with Gasteiger partial charge >= 0.3 is 23.6 Å². The maximum Gasteiger partial charge on any atom is 0.312 e. The van der Waals surface area contributed by atoms with E-state index in [1.807, 2.05) is 72.8 Å². The summed E-state index contributed by atoms with van der Waals surface area (Å²) < 4.78 is 0. The summed E-state index contributed by atoms with van der Waals surface area (Å²) in [6.07, 6.45) is 4.02. The first-order valence-corrected chi connectivity index (χ1v) is 15.4. The van der Waals surface area contributed by atoms with E-state index in [0.29, 0.717) is 64.8 Å². The van der Waals surface area contributed by atoms with Crippen molar-refractivity contribution < 1.29 is 24.3 Å². The van der Waals surface area contributed by atoms with E-state index in [-0.39, 0.29) is 17.8 Å². The average Bonchev–Trinajstić information content (AvgIpc) is 3.04. The first-order chi connectivity index (χ1) is 21.4. The van der Waals surface area contributed by atoms with E-state index in [9.17, 15) is 24.3 Å². The summed E-state index contributed by atoms with van der Waals surface area (Å²) in [7, 11) is 0. The van der Waals surface area contributed by atoms with Gasteiger partial charge in [-0.2, -0.15) is 0 Å². The van der Waals surface area contributed by atoms with Crippen LogP contribution in [0.1, 0.15) is 36.0 Å². The minimum absolute atomic E-state index is 0.113. The predicted molar refractivity (Wildman–Crippen MR) is 167 cm³/mol.